The Kier molecular flexibility index (Phi) is 1.92. The van der Waals surface area contributed by atoms with E-state index >= 15 is 0 Å². The van der Waals surface area contributed by atoms with Gasteiger partial charge >= 0.3 is 0 Å². The zero-order valence-electron chi connectivity index (χ0n) is 6.09. The summed E-state index contributed by atoms with van der Waals surface area (Å²) in [5.74, 6) is 0.528. The molecule has 54 valence electrons. The summed E-state index contributed by atoms with van der Waals surface area (Å²) in [5, 5.41) is 8.34. The molecular formula is C8H10O2. The van der Waals surface area contributed by atoms with E-state index in [1.807, 2.05) is 26.0 Å². The van der Waals surface area contributed by atoms with Gasteiger partial charge in [0.15, 0.2) is 5.75 Å². The molecule has 0 aliphatic heterocycles. The van der Waals surface area contributed by atoms with Gasteiger partial charge in [-0.15, -0.1) is 0 Å². The molecule has 1 aromatic carbocycles. The number of hydrogen-bond donors (Lipinski definition) is 1. The second-order valence-corrected chi connectivity index (χ2v) is 2.29. The Balaban J connectivity index is 3.14. The summed E-state index contributed by atoms with van der Waals surface area (Å²) in [7, 11) is 0. The molecule has 0 saturated heterocycles. The van der Waals surface area contributed by atoms with Gasteiger partial charge in [0.25, 0.3) is 0 Å². The van der Waals surface area contributed by atoms with Crippen molar-refractivity contribution in [3.8, 4) is 5.75 Å². The van der Waals surface area contributed by atoms with E-state index < -0.39 is 0 Å². The highest BCUT2D eigenvalue weighted by atomic mass is 17.1. The second-order valence-electron chi connectivity index (χ2n) is 2.29. The largest absolute Gasteiger partial charge is 0.340 e. The summed E-state index contributed by atoms with van der Waals surface area (Å²) in [5.41, 5.74) is 2.09. The molecule has 0 aromatic heterocycles. The molecule has 2 heteroatoms. The molecule has 0 aliphatic rings. The molecule has 0 bridgehead atoms. The van der Waals surface area contributed by atoms with Crippen molar-refractivity contribution in [2.75, 3.05) is 0 Å². The monoisotopic (exact) mass is 138 g/mol. The van der Waals surface area contributed by atoms with Crippen molar-refractivity contribution in [2.24, 2.45) is 0 Å². The maximum atomic E-state index is 8.34. The van der Waals surface area contributed by atoms with Crippen molar-refractivity contribution >= 4 is 0 Å². The Morgan fingerprint density at radius 1 is 1.30 bits per heavy atom. The zero-order chi connectivity index (χ0) is 7.56. The van der Waals surface area contributed by atoms with E-state index in [0.29, 0.717) is 5.75 Å². The van der Waals surface area contributed by atoms with Crippen molar-refractivity contribution in [3.63, 3.8) is 0 Å². The molecule has 10 heavy (non-hydrogen) atoms. The SMILES string of the molecule is Cc1cccc(OO)c1C. The standard InChI is InChI=1S/C8H10O2/c1-6-4-3-5-8(10-9)7(6)2/h3-5,9H,1-2H3. The molecule has 0 saturated carbocycles. The van der Waals surface area contributed by atoms with Crippen LogP contribution in [0.3, 0.4) is 0 Å². The van der Waals surface area contributed by atoms with Gasteiger partial charge in [0.2, 0.25) is 0 Å². The molecule has 1 rings (SSSR count). The average molecular weight is 138 g/mol. The predicted molar refractivity (Wildman–Crippen MR) is 39.2 cm³/mol. The van der Waals surface area contributed by atoms with E-state index in [1.54, 1.807) is 6.07 Å². The van der Waals surface area contributed by atoms with Crippen LogP contribution in [0.25, 0.3) is 0 Å². The third kappa shape index (κ3) is 1.11. The van der Waals surface area contributed by atoms with Crippen LogP contribution in [0.15, 0.2) is 18.2 Å². The van der Waals surface area contributed by atoms with Crippen LogP contribution in [-0.2, 0) is 0 Å². The average Bonchev–Trinajstić information content (AvgIpc) is 1.95. The van der Waals surface area contributed by atoms with Crippen LogP contribution < -0.4 is 4.89 Å². The van der Waals surface area contributed by atoms with Gasteiger partial charge in [-0.1, -0.05) is 12.1 Å². The van der Waals surface area contributed by atoms with Gasteiger partial charge in [-0.2, -0.15) is 0 Å². The van der Waals surface area contributed by atoms with E-state index in [1.165, 1.54) is 0 Å². The maximum absolute atomic E-state index is 8.34. The molecule has 0 spiro atoms. The minimum absolute atomic E-state index is 0.528. The Bertz CT molecular complexity index is 231. The molecule has 0 radical (unpaired) electrons. The lowest BCUT2D eigenvalue weighted by molar-refractivity contribution is -0.138. The van der Waals surface area contributed by atoms with Gasteiger partial charge in [-0.25, -0.2) is 5.26 Å². The predicted octanol–water partition coefficient (Wildman–Crippen LogP) is 2.16. The summed E-state index contributed by atoms with van der Waals surface area (Å²) >= 11 is 0. The van der Waals surface area contributed by atoms with Gasteiger partial charge in [0.05, 0.1) is 0 Å². The van der Waals surface area contributed by atoms with Gasteiger partial charge < -0.3 is 4.89 Å². The quantitative estimate of drug-likeness (QED) is 0.476. The van der Waals surface area contributed by atoms with Crippen molar-refractivity contribution in [2.45, 2.75) is 13.8 Å². The van der Waals surface area contributed by atoms with Crippen molar-refractivity contribution in [3.05, 3.63) is 29.3 Å². The lowest BCUT2D eigenvalue weighted by Crippen LogP contribution is -1.88. The number of hydrogen-bond acceptors (Lipinski definition) is 2. The minimum atomic E-state index is 0.528. The zero-order valence-corrected chi connectivity index (χ0v) is 6.09. The van der Waals surface area contributed by atoms with Crippen LogP contribution in [0.4, 0.5) is 0 Å². The highest BCUT2D eigenvalue weighted by molar-refractivity contribution is 5.37. The molecule has 0 fully saturated rings. The number of aryl methyl sites for hydroxylation is 1. The highest BCUT2D eigenvalue weighted by Crippen LogP contribution is 2.19. The summed E-state index contributed by atoms with van der Waals surface area (Å²) in [6.45, 7) is 3.87. The summed E-state index contributed by atoms with van der Waals surface area (Å²) in [4.78, 5) is 4.13. The smallest absolute Gasteiger partial charge is 0.168 e. The van der Waals surface area contributed by atoms with Crippen LogP contribution in [0, 0.1) is 13.8 Å². The fourth-order valence-corrected chi connectivity index (χ4v) is 0.823. The highest BCUT2D eigenvalue weighted by Gasteiger charge is 1.99. The number of rotatable bonds is 1. The topological polar surface area (TPSA) is 29.5 Å². The molecule has 0 amide bonds. The van der Waals surface area contributed by atoms with E-state index in [2.05, 4.69) is 4.89 Å². The van der Waals surface area contributed by atoms with E-state index in [4.69, 9.17) is 5.26 Å². The van der Waals surface area contributed by atoms with Crippen LogP contribution >= 0.6 is 0 Å². The molecular weight excluding hydrogens is 128 g/mol. The van der Waals surface area contributed by atoms with E-state index in [0.717, 1.165) is 11.1 Å². The van der Waals surface area contributed by atoms with Crippen LogP contribution in [0.5, 0.6) is 5.75 Å². The maximum Gasteiger partial charge on any atom is 0.168 e. The summed E-state index contributed by atoms with van der Waals surface area (Å²) in [6.07, 6.45) is 0. The van der Waals surface area contributed by atoms with Crippen molar-refractivity contribution in [1.29, 1.82) is 0 Å². The van der Waals surface area contributed by atoms with Crippen molar-refractivity contribution < 1.29 is 10.1 Å². The van der Waals surface area contributed by atoms with E-state index in [-0.39, 0.29) is 0 Å². The molecule has 0 atom stereocenters. The lowest BCUT2D eigenvalue weighted by atomic mass is 10.1. The third-order valence-corrected chi connectivity index (χ3v) is 1.65. The Hall–Kier alpha value is -1.02. The van der Waals surface area contributed by atoms with Gasteiger partial charge in [0.1, 0.15) is 0 Å². The Morgan fingerprint density at radius 2 is 2.00 bits per heavy atom. The Morgan fingerprint density at radius 3 is 2.50 bits per heavy atom. The second kappa shape index (κ2) is 2.71. The first kappa shape index (κ1) is 7.09. The molecule has 0 unspecified atom stereocenters. The molecule has 1 aromatic rings. The van der Waals surface area contributed by atoms with Gasteiger partial charge in [-0.05, 0) is 31.0 Å². The lowest BCUT2D eigenvalue weighted by Gasteiger charge is -2.02. The summed E-state index contributed by atoms with van der Waals surface area (Å²) in [6, 6.07) is 5.54. The molecule has 0 aliphatic carbocycles. The Labute approximate surface area is 60.0 Å². The van der Waals surface area contributed by atoms with Crippen molar-refractivity contribution in [1.82, 2.24) is 0 Å². The fourth-order valence-electron chi connectivity index (χ4n) is 0.823. The third-order valence-electron chi connectivity index (χ3n) is 1.65. The first-order valence-electron chi connectivity index (χ1n) is 3.13. The molecule has 1 N–H and O–H groups in total. The normalized spacial score (nSPS) is 9.50. The van der Waals surface area contributed by atoms with Crippen LogP contribution in [-0.4, -0.2) is 5.26 Å². The molecule has 0 heterocycles. The van der Waals surface area contributed by atoms with Crippen LogP contribution in [0.1, 0.15) is 11.1 Å². The van der Waals surface area contributed by atoms with Crippen LogP contribution in [0.2, 0.25) is 0 Å². The van der Waals surface area contributed by atoms with Gasteiger partial charge in [-0.3, -0.25) is 0 Å². The molecule has 2 nitrogen and oxygen atoms in total. The minimum Gasteiger partial charge on any atom is -0.340 e. The van der Waals surface area contributed by atoms with E-state index in [9.17, 15) is 0 Å². The first-order chi connectivity index (χ1) is 4.75. The first-order valence-corrected chi connectivity index (χ1v) is 3.13. The van der Waals surface area contributed by atoms with Gasteiger partial charge in [0, 0.05) is 0 Å². The summed E-state index contributed by atoms with van der Waals surface area (Å²) < 4.78 is 0. The number of benzene rings is 1. The fraction of sp³-hybridized carbons (Fsp3) is 0.250.